The van der Waals surface area contributed by atoms with Crippen LogP contribution in [0.15, 0.2) is 29.4 Å². The summed E-state index contributed by atoms with van der Waals surface area (Å²) in [7, 11) is 0. The summed E-state index contributed by atoms with van der Waals surface area (Å²) in [6.45, 7) is 0.643. The maximum atomic E-state index is 13.4. The summed E-state index contributed by atoms with van der Waals surface area (Å²) in [5.41, 5.74) is 6.02. The number of oxime groups is 1. The molecule has 0 radical (unpaired) electrons. The predicted molar refractivity (Wildman–Crippen MR) is 64.6 cm³/mol. The average molecular weight is 237 g/mol. The molecule has 0 unspecified atom stereocenters. The van der Waals surface area contributed by atoms with Crippen LogP contribution in [-0.4, -0.2) is 17.6 Å². The quantitative estimate of drug-likeness (QED) is 0.318. The van der Waals surface area contributed by atoms with E-state index < -0.39 is 0 Å². The van der Waals surface area contributed by atoms with Crippen LogP contribution in [0.2, 0.25) is 0 Å². The smallest absolute Gasteiger partial charge is 0.146 e. The van der Waals surface area contributed by atoms with Gasteiger partial charge >= 0.3 is 0 Å². The van der Waals surface area contributed by atoms with Crippen LogP contribution in [0.1, 0.15) is 19.3 Å². The normalized spacial score (nSPS) is 17.8. The van der Waals surface area contributed by atoms with Crippen molar-refractivity contribution in [2.45, 2.75) is 19.3 Å². The van der Waals surface area contributed by atoms with Crippen molar-refractivity contribution < 1.29 is 9.60 Å². The van der Waals surface area contributed by atoms with Gasteiger partial charge in [0.25, 0.3) is 0 Å². The molecule has 0 heterocycles. The highest BCUT2D eigenvalue weighted by molar-refractivity contribution is 5.80. The molecule has 1 aliphatic carbocycles. The van der Waals surface area contributed by atoms with Gasteiger partial charge < -0.3 is 16.3 Å². The largest absolute Gasteiger partial charge is 0.409 e. The summed E-state index contributed by atoms with van der Waals surface area (Å²) in [5, 5.41) is 14.6. The van der Waals surface area contributed by atoms with Crippen molar-refractivity contribution in [2.75, 3.05) is 11.9 Å². The molecule has 1 aromatic carbocycles. The molecule has 5 heteroatoms. The fourth-order valence-electron chi connectivity index (χ4n) is 1.90. The molecule has 92 valence electrons. The van der Waals surface area contributed by atoms with Crippen molar-refractivity contribution in [1.82, 2.24) is 0 Å². The molecule has 4 nitrogen and oxygen atoms in total. The third-order valence-corrected chi connectivity index (χ3v) is 3.17. The molecule has 0 bridgehead atoms. The molecule has 1 aromatic rings. The minimum absolute atomic E-state index is 0.0264. The zero-order valence-electron chi connectivity index (χ0n) is 9.49. The molecule has 1 fully saturated rings. The molecule has 0 atom stereocenters. The Morgan fingerprint density at radius 2 is 2.18 bits per heavy atom. The Kier molecular flexibility index (Phi) is 3.17. The average Bonchev–Trinajstić information content (AvgIpc) is 3.08. The highest BCUT2D eigenvalue weighted by Crippen LogP contribution is 2.48. The molecular weight excluding hydrogens is 221 g/mol. The molecule has 0 aliphatic heterocycles. The number of anilines is 1. The van der Waals surface area contributed by atoms with Gasteiger partial charge in [-0.2, -0.15) is 0 Å². The van der Waals surface area contributed by atoms with E-state index in [2.05, 4.69) is 10.5 Å². The Morgan fingerprint density at radius 3 is 2.76 bits per heavy atom. The second-order valence-electron chi connectivity index (χ2n) is 4.60. The number of hydrogen-bond donors (Lipinski definition) is 3. The van der Waals surface area contributed by atoms with Gasteiger partial charge in [0.1, 0.15) is 11.7 Å². The lowest BCUT2D eigenvalue weighted by molar-refractivity contribution is 0.315. The topological polar surface area (TPSA) is 70.6 Å². The number of rotatable bonds is 5. The number of para-hydroxylation sites is 1. The van der Waals surface area contributed by atoms with Gasteiger partial charge in [0.15, 0.2) is 0 Å². The molecule has 1 aliphatic rings. The molecule has 2 rings (SSSR count). The first-order valence-corrected chi connectivity index (χ1v) is 5.60. The fourth-order valence-corrected chi connectivity index (χ4v) is 1.90. The standard InChI is InChI=1S/C12H16FN3O/c13-9-3-1-2-4-10(9)15-8-12(5-6-12)7-11(14)16-17/h1-4,15,17H,5-8H2,(H2,14,16). The van der Waals surface area contributed by atoms with Gasteiger partial charge in [-0.3, -0.25) is 0 Å². The molecule has 0 amide bonds. The van der Waals surface area contributed by atoms with E-state index in [1.54, 1.807) is 18.2 Å². The maximum absolute atomic E-state index is 13.4. The van der Waals surface area contributed by atoms with Gasteiger partial charge in [0, 0.05) is 13.0 Å². The molecule has 4 N–H and O–H groups in total. The van der Waals surface area contributed by atoms with Crippen molar-refractivity contribution >= 4 is 11.5 Å². The number of amidine groups is 1. The van der Waals surface area contributed by atoms with Crippen molar-refractivity contribution in [1.29, 1.82) is 0 Å². The number of nitrogens with two attached hydrogens (primary N) is 1. The molecule has 0 spiro atoms. The number of nitrogens with zero attached hydrogens (tertiary/aromatic N) is 1. The van der Waals surface area contributed by atoms with E-state index in [-0.39, 0.29) is 17.1 Å². The Morgan fingerprint density at radius 1 is 1.47 bits per heavy atom. The lowest BCUT2D eigenvalue weighted by Crippen LogP contribution is -2.23. The van der Waals surface area contributed by atoms with E-state index >= 15 is 0 Å². The lowest BCUT2D eigenvalue weighted by atomic mass is 10.0. The number of hydrogen-bond acceptors (Lipinski definition) is 3. The summed E-state index contributed by atoms with van der Waals surface area (Å²) >= 11 is 0. The predicted octanol–water partition coefficient (Wildman–Crippen LogP) is 2.15. The third kappa shape index (κ3) is 2.87. The van der Waals surface area contributed by atoms with Crippen LogP contribution in [0.3, 0.4) is 0 Å². The number of halogens is 1. The van der Waals surface area contributed by atoms with E-state index in [0.29, 0.717) is 18.7 Å². The molecule has 17 heavy (non-hydrogen) atoms. The van der Waals surface area contributed by atoms with E-state index in [4.69, 9.17) is 10.9 Å². The number of nitrogens with one attached hydrogen (secondary N) is 1. The van der Waals surface area contributed by atoms with Gasteiger partial charge in [-0.15, -0.1) is 0 Å². The second kappa shape index (κ2) is 4.61. The van der Waals surface area contributed by atoms with E-state index in [1.807, 2.05) is 0 Å². The van der Waals surface area contributed by atoms with Gasteiger partial charge in [0.05, 0.1) is 5.69 Å². The zero-order chi connectivity index (χ0) is 12.3. The van der Waals surface area contributed by atoms with Crippen LogP contribution in [0, 0.1) is 11.2 Å². The van der Waals surface area contributed by atoms with Gasteiger partial charge in [-0.1, -0.05) is 17.3 Å². The van der Waals surface area contributed by atoms with Crippen molar-refractivity contribution in [2.24, 2.45) is 16.3 Å². The van der Waals surface area contributed by atoms with Crippen LogP contribution in [0.5, 0.6) is 0 Å². The molecular formula is C12H16FN3O. The Labute approximate surface area is 99.3 Å². The highest BCUT2D eigenvalue weighted by atomic mass is 19.1. The lowest BCUT2D eigenvalue weighted by Gasteiger charge is -2.16. The summed E-state index contributed by atoms with van der Waals surface area (Å²) in [5.74, 6) is -0.0232. The van der Waals surface area contributed by atoms with E-state index in [9.17, 15) is 4.39 Å². The van der Waals surface area contributed by atoms with Crippen LogP contribution >= 0.6 is 0 Å². The monoisotopic (exact) mass is 237 g/mol. The summed E-state index contributed by atoms with van der Waals surface area (Å²) in [6, 6.07) is 6.57. The van der Waals surface area contributed by atoms with Gasteiger partial charge in [-0.25, -0.2) is 4.39 Å². The summed E-state index contributed by atoms with van der Waals surface area (Å²) < 4.78 is 13.4. The Hall–Kier alpha value is -1.78. The summed E-state index contributed by atoms with van der Waals surface area (Å²) in [6.07, 6.45) is 2.58. The maximum Gasteiger partial charge on any atom is 0.146 e. The molecule has 1 saturated carbocycles. The minimum atomic E-state index is -0.257. The zero-order valence-corrected chi connectivity index (χ0v) is 9.49. The third-order valence-electron chi connectivity index (χ3n) is 3.17. The van der Waals surface area contributed by atoms with Crippen LogP contribution in [-0.2, 0) is 0 Å². The first kappa shape index (κ1) is 11.7. The van der Waals surface area contributed by atoms with Crippen molar-refractivity contribution in [3.63, 3.8) is 0 Å². The number of benzene rings is 1. The van der Waals surface area contributed by atoms with Gasteiger partial charge in [-0.05, 0) is 30.4 Å². The second-order valence-corrected chi connectivity index (χ2v) is 4.60. The SMILES string of the molecule is NC(CC1(CNc2ccccc2F)CC1)=NO. The Balaban J connectivity index is 1.92. The molecule has 0 aromatic heterocycles. The van der Waals surface area contributed by atoms with Crippen LogP contribution in [0.4, 0.5) is 10.1 Å². The van der Waals surface area contributed by atoms with E-state index in [0.717, 1.165) is 12.8 Å². The van der Waals surface area contributed by atoms with Gasteiger partial charge in [0.2, 0.25) is 0 Å². The van der Waals surface area contributed by atoms with Crippen LogP contribution < -0.4 is 11.1 Å². The first-order chi connectivity index (χ1) is 8.15. The summed E-state index contributed by atoms with van der Waals surface area (Å²) in [4.78, 5) is 0. The van der Waals surface area contributed by atoms with Crippen molar-refractivity contribution in [3.8, 4) is 0 Å². The fraction of sp³-hybridized carbons (Fsp3) is 0.417. The van der Waals surface area contributed by atoms with Crippen molar-refractivity contribution in [3.05, 3.63) is 30.1 Å². The Bertz CT molecular complexity index is 430. The van der Waals surface area contributed by atoms with E-state index in [1.165, 1.54) is 6.07 Å². The first-order valence-electron chi connectivity index (χ1n) is 5.60. The minimum Gasteiger partial charge on any atom is -0.409 e. The van der Waals surface area contributed by atoms with Crippen LogP contribution in [0.25, 0.3) is 0 Å². The highest BCUT2D eigenvalue weighted by Gasteiger charge is 2.43. The molecule has 0 saturated heterocycles.